The van der Waals surface area contributed by atoms with Gasteiger partial charge in [-0.15, -0.1) is 11.8 Å². The molecule has 21 heavy (non-hydrogen) atoms. The van der Waals surface area contributed by atoms with Crippen molar-refractivity contribution >= 4 is 23.4 Å². The lowest BCUT2D eigenvalue weighted by Crippen LogP contribution is -2.12. The molecule has 4 heteroatoms. The minimum Gasteiger partial charge on any atom is -0.490 e. The van der Waals surface area contributed by atoms with E-state index in [1.165, 1.54) is 12.8 Å². The van der Waals surface area contributed by atoms with Gasteiger partial charge in [0.15, 0.2) is 0 Å². The van der Waals surface area contributed by atoms with E-state index < -0.39 is 0 Å². The standard InChI is InChI=1S/C17H18ClNOS/c18-15-3-1-2-4-17(15)21-11-16(19)12-5-7-13(8-6-12)20-14-9-10-14/h1-8,14,16H,9-11,19H2. The van der Waals surface area contributed by atoms with Gasteiger partial charge in [0.1, 0.15) is 5.75 Å². The molecule has 1 aliphatic rings. The number of hydrogen-bond acceptors (Lipinski definition) is 3. The van der Waals surface area contributed by atoms with E-state index in [4.69, 9.17) is 22.1 Å². The molecule has 2 nitrogen and oxygen atoms in total. The van der Waals surface area contributed by atoms with Crippen molar-refractivity contribution in [3.8, 4) is 5.75 Å². The summed E-state index contributed by atoms with van der Waals surface area (Å²) in [6, 6.07) is 16.0. The van der Waals surface area contributed by atoms with Crippen LogP contribution in [0.2, 0.25) is 5.02 Å². The molecule has 0 bridgehead atoms. The Morgan fingerprint density at radius 1 is 1.14 bits per heavy atom. The molecular weight excluding hydrogens is 302 g/mol. The normalized spacial score (nSPS) is 15.7. The van der Waals surface area contributed by atoms with Crippen molar-refractivity contribution in [1.29, 1.82) is 0 Å². The minimum absolute atomic E-state index is 0.0127. The fourth-order valence-electron chi connectivity index (χ4n) is 2.01. The lowest BCUT2D eigenvalue weighted by molar-refractivity contribution is 0.303. The number of rotatable bonds is 6. The van der Waals surface area contributed by atoms with Gasteiger partial charge in [0, 0.05) is 16.7 Å². The molecule has 1 fully saturated rings. The zero-order chi connectivity index (χ0) is 14.7. The van der Waals surface area contributed by atoms with E-state index in [2.05, 4.69) is 12.1 Å². The van der Waals surface area contributed by atoms with Crippen LogP contribution in [0.4, 0.5) is 0 Å². The van der Waals surface area contributed by atoms with Crippen LogP contribution in [0, 0.1) is 0 Å². The van der Waals surface area contributed by atoms with Crippen molar-refractivity contribution in [2.45, 2.75) is 29.9 Å². The Balaban J connectivity index is 1.57. The molecule has 0 saturated heterocycles. The van der Waals surface area contributed by atoms with Crippen LogP contribution < -0.4 is 10.5 Å². The third kappa shape index (κ3) is 4.16. The molecule has 110 valence electrons. The summed E-state index contributed by atoms with van der Waals surface area (Å²) in [7, 11) is 0. The summed E-state index contributed by atoms with van der Waals surface area (Å²) in [6.45, 7) is 0. The topological polar surface area (TPSA) is 35.2 Å². The van der Waals surface area contributed by atoms with Crippen LogP contribution in [-0.4, -0.2) is 11.9 Å². The molecular formula is C17H18ClNOS. The lowest BCUT2D eigenvalue weighted by Gasteiger charge is -2.13. The largest absolute Gasteiger partial charge is 0.490 e. The molecule has 0 spiro atoms. The van der Waals surface area contributed by atoms with Crippen LogP contribution in [0.15, 0.2) is 53.4 Å². The van der Waals surface area contributed by atoms with Crippen molar-refractivity contribution in [1.82, 2.24) is 0 Å². The maximum atomic E-state index is 6.25. The molecule has 1 unspecified atom stereocenters. The number of halogens is 1. The number of ether oxygens (including phenoxy) is 1. The van der Waals surface area contributed by atoms with Gasteiger partial charge in [-0.3, -0.25) is 0 Å². The van der Waals surface area contributed by atoms with Crippen molar-refractivity contribution in [3.63, 3.8) is 0 Å². The fourth-order valence-corrected chi connectivity index (χ4v) is 3.24. The molecule has 0 radical (unpaired) electrons. The van der Waals surface area contributed by atoms with E-state index in [0.717, 1.165) is 27.0 Å². The second-order valence-electron chi connectivity index (χ2n) is 5.23. The van der Waals surface area contributed by atoms with Gasteiger partial charge in [0.25, 0.3) is 0 Å². The van der Waals surface area contributed by atoms with Crippen molar-refractivity contribution in [3.05, 3.63) is 59.1 Å². The average Bonchev–Trinajstić information content (AvgIpc) is 3.31. The maximum Gasteiger partial charge on any atom is 0.119 e. The van der Waals surface area contributed by atoms with Gasteiger partial charge in [-0.1, -0.05) is 35.9 Å². The Kier molecular flexibility index (Phi) is 4.73. The van der Waals surface area contributed by atoms with Crippen LogP contribution in [-0.2, 0) is 0 Å². The predicted molar refractivity (Wildman–Crippen MR) is 89.2 cm³/mol. The summed E-state index contributed by atoms with van der Waals surface area (Å²) in [5.41, 5.74) is 7.37. The molecule has 1 saturated carbocycles. The molecule has 1 aliphatic carbocycles. The van der Waals surface area contributed by atoms with E-state index >= 15 is 0 Å². The lowest BCUT2D eigenvalue weighted by atomic mass is 10.1. The Hall–Kier alpha value is -1.16. The molecule has 2 aromatic rings. The minimum atomic E-state index is -0.0127. The monoisotopic (exact) mass is 319 g/mol. The number of benzene rings is 2. The molecule has 0 heterocycles. The fraction of sp³-hybridized carbons (Fsp3) is 0.294. The van der Waals surface area contributed by atoms with Crippen LogP contribution in [0.1, 0.15) is 24.4 Å². The van der Waals surface area contributed by atoms with E-state index in [-0.39, 0.29) is 6.04 Å². The highest BCUT2D eigenvalue weighted by molar-refractivity contribution is 7.99. The Bertz CT molecular complexity index is 598. The van der Waals surface area contributed by atoms with Gasteiger partial charge in [-0.2, -0.15) is 0 Å². The molecule has 3 rings (SSSR count). The van der Waals surface area contributed by atoms with Crippen molar-refractivity contribution in [2.24, 2.45) is 5.73 Å². The Labute approximate surface area is 134 Å². The summed E-state index contributed by atoms with van der Waals surface area (Å²) in [4.78, 5) is 1.07. The first kappa shape index (κ1) is 14.8. The van der Waals surface area contributed by atoms with Gasteiger partial charge >= 0.3 is 0 Å². The van der Waals surface area contributed by atoms with Crippen LogP contribution in [0.3, 0.4) is 0 Å². The zero-order valence-electron chi connectivity index (χ0n) is 11.7. The summed E-state index contributed by atoms with van der Waals surface area (Å²) in [6.07, 6.45) is 2.78. The van der Waals surface area contributed by atoms with E-state index in [1.807, 2.05) is 36.4 Å². The molecule has 2 aromatic carbocycles. The second-order valence-corrected chi connectivity index (χ2v) is 6.70. The Morgan fingerprint density at radius 3 is 2.52 bits per heavy atom. The quantitative estimate of drug-likeness (QED) is 0.786. The average molecular weight is 320 g/mol. The van der Waals surface area contributed by atoms with Gasteiger partial charge in [-0.05, 0) is 42.7 Å². The van der Waals surface area contributed by atoms with Crippen molar-refractivity contribution in [2.75, 3.05) is 5.75 Å². The smallest absolute Gasteiger partial charge is 0.119 e. The van der Waals surface area contributed by atoms with Gasteiger partial charge in [0.2, 0.25) is 0 Å². The molecule has 0 aromatic heterocycles. The van der Waals surface area contributed by atoms with Gasteiger partial charge < -0.3 is 10.5 Å². The summed E-state index contributed by atoms with van der Waals surface area (Å²) >= 11 is 7.84. The summed E-state index contributed by atoms with van der Waals surface area (Å²) in [5, 5.41) is 0.780. The zero-order valence-corrected chi connectivity index (χ0v) is 13.2. The maximum absolute atomic E-state index is 6.25. The van der Waals surface area contributed by atoms with Crippen molar-refractivity contribution < 1.29 is 4.74 Å². The van der Waals surface area contributed by atoms with Crippen LogP contribution in [0.5, 0.6) is 5.75 Å². The van der Waals surface area contributed by atoms with Gasteiger partial charge in [0.05, 0.1) is 11.1 Å². The summed E-state index contributed by atoms with van der Waals surface area (Å²) in [5.74, 6) is 1.74. The first-order valence-corrected chi connectivity index (χ1v) is 8.48. The van der Waals surface area contributed by atoms with E-state index in [9.17, 15) is 0 Å². The van der Waals surface area contributed by atoms with Gasteiger partial charge in [-0.25, -0.2) is 0 Å². The first-order valence-electron chi connectivity index (χ1n) is 7.12. The Morgan fingerprint density at radius 2 is 1.86 bits per heavy atom. The first-order chi connectivity index (χ1) is 10.2. The second kappa shape index (κ2) is 6.73. The summed E-state index contributed by atoms with van der Waals surface area (Å²) < 4.78 is 5.74. The molecule has 2 N–H and O–H groups in total. The van der Waals surface area contributed by atoms with Crippen LogP contribution >= 0.6 is 23.4 Å². The SMILES string of the molecule is NC(CSc1ccccc1Cl)c1ccc(OC2CC2)cc1. The molecule has 1 atom stereocenters. The van der Waals surface area contributed by atoms with Crippen LogP contribution in [0.25, 0.3) is 0 Å². The molecule has 0 amide bonds. The molecule has 0 aliphatic heterocycles. The highest BCUT2D eigenvalue weighted by Gasteiger charge is 2.23. The van der Waals surface area contributed by atoms with E-state index in [1.54, 1.807) is 11.8 Å². The van der Waals surface area contributed by atoms with E-state index in [0.29, 0.717) is 6.10 Å². The number of thioether (sulfide) groups is 1. The number of hydrogen-bond donors (Lipinski definition) is 1. The third-order valence-corrected chi connectivity index (χ3v) is 5.02. The highest BCUT2D eigenvalue weighted by Crippen LogP contribution is 2.30. The predicted octanol–water partition coefficient (Wildman–Crippen LogP) is 4.67. The number of nitrogens with two attached hydrogens (primary N) is 1. The highest BCUT2D eigenvalue weighted by atomic mass is 35.5. The third-order valence-electron chi connectivity index (χ3n) is 3.39.